The molecule has 10 heteroatoms. The van der Waals surface area contributed by atoms with E-state index in [4.69, 9.17) is 11.6 Å². The molecule has 1 fully saturated rings. The maximum atomic E-state index is 12.5. The molecule has 0 unspecified atom stereocenters. The molecule has 2 aromatic rings. The number of anilines is 2. The van der Waals surface area contributed by atoms with Crippen LogP contribution in [0.4, 0.5) is 17.1 Å². The van der Waals surface area contributed by atoms with Gasteiger partial charge in [0.25, 0.3) is 11.6 Å². The molecule has 33 heavy (non-hydrogen) atoms. The number of nitro benzene ring substituents is 1. The summed E-state index contributed by atoms with van der Waals surface area (Å²) in [7, 11) is 0. The lowest BCUT2D eigenvalue weighted by atomic mass is 9.85. The molecule has 0 radical (unpaired) electrons. The zero-order valence-electron chi connectivity index (χ0n) is 17.5. The number of carbonyl (C=O) groups excluding carboxylic acids is 3. The Balaban J connectivity index is 1.42. The second-order valence-electron chi connectivity index (χ2n) is 7.83. The summed E-state index contributed by atoms with van der Waals surface area (Å²) in [5.41, 5.74) is 0.379. The van der Waals surface area contributed by atoms with Crippen molar-refractivity contribution in [1.82, 2.24) is 4.90 Å². The van der Waals surface area contributed by atoms with Gasteiger partial charge in [0.2, 0.25) is 11.8 Å². The van der Waals surface area contributed by atoms with Crippen molar-refractivity contribution in [1.29, 1.82) is 0 Å². The molecule has 1 aliphatic carbocycles. The molecule has 2 N–H and O–H groups in total. The number of fused-ring (bicyclic) bond motifs is 1. The van der Waals surface area contributed by atoms with E-state index in [1.54, 1.807) is 24.3 Å². The van der Waals surface area contributed by atoms with Crippen molar-refractivity contribution >= 4 is 46.4 Å². The van der Waals surface area contributed by atoms with E-state index in [0.717, 1.165) is 0 Å². The normalized spacial score (nSPS) is 19.4. The first-order valence-corrected chi connectivity index (χ1v) is 10.8. The van der Waals surface area contributed by atoms with Gasteiger partial charge >= 0.3 is 0 Å². The van der Waals surface area contributed by atoms with Gasteiger partial charge in [0.05, 0.1) is 27.5 Å². The standard InChI is InChI=1S/C23H21ClN4O5/c24-17-7-3-4-8-18(17)26-21(29)14-9-10-19(20(13-14)28(32)33)25-11-12-27-22(30)15-5-1-2-6-16(15)23(27)31/h1-4,7-10,13,15-16,25H,5-6,11-12H2,(H,26,29)/t15-,16-/m0/s1. The molecule has 0 aromatic heterocycles. The molecule has 4 rings (SSSR count). The zero-order chi connectivity index (χ0) is 23.5. The number of allylic oxidation sites excluding steroid dienone is 2. The van der Waals surface area contributed by atoms with E-state index < -0.39 is 10.8 Å². The maximum absolute atomic E-state index is 12.5. The molecule has 9 nitrogen and oxygen atoms in total. The van der Waals surface area contributed by atoms with Crippen LogP contribution < -0.4 is 10.6 Å². The number of hydrogen-bond donors (Lipinski definition) is 2. The van der Waals surface area contributed by atoms with E-state index in [0.29, 0.717) is 23.6 Å². The van der Waals surface area contributed by atoms with Crippen LogP contribution in [-0.4, -0.2) is 40.6 Å². The highest BCUT2D eigenvalue weighted by atomic mass is 35.5. The summed E-state index contributed by atoms with van der Waals surface area (Å²) >= 11 is 6.05. The topological polar surface area (TPSA) is 122 Å². The van der Waals surface area contributed by atoms with Gasteiger partial charge in [-0.25, -0.2) is 0 Å². The fourth-order valence-corrected chi connectivity index (χ4v) is 4.31. The van der Waals surface area contributed by atoms with Gasteiger partial charge in [0.15, 0.2) is 0 Å². The average Bonchev–Trinajstić information content (AvgIpc) is 3.05. The Morgan fingerprint density at radius 2 is 1.73 bits per heavy atom. The van der Waals surface area contributed by atoms with Crippen LogP contribution in [-0.2, 0) is 9.59 Å². The summed E-state index contributed by atoms with van der Waals surface area (Å²) in [4.78, 5) is 49.8. The summed E-state index contributed by atoms with van der Waals surface area (Å²) in [6.45, 7) is 0.257. The van der Waals surface area contributed by atoms with Gasteiger partial charge in [0.1, 0.15) is 5.69 Å². The minimum Gasteiger partial charge on any atom is -0.378 e. The minimum atomic E-state index is -0.596. The van der Waals surface area contributed by atoms with Gasteiger partial charge in [-0.1, -0.05) is 35.9 Å². The Labute approximate surface area is 194 Å². The number of imide groups is 1. The van der Waals surface area contributed by atoms with Crippen molar-refractivity contribution in [2.75, 3.05) is 23.7 Å². The summed E-state index contributed by atoms with van der Waals surface area (Å²) in [6.07, 6.45) is 4.95. The van der Waals surface area contributed by atoms with Gasteiger partial charge in [0, 0.05) is 24.7 Å². The van der Waals surface area contributed by atoms with Crippen LogP contribution in [0.5, 0.6) is 0 Å². The molecule has 1 aliphatic heterocycles. The lowest BCUT2D eigenvalue weighted by molar-refractivity contribution is -0.384. The molecule has 1 saturated heterocycles. The van der Waals surface area contributed by atoms with Gasteiger partial charge < -0.3 is 10.6 Å². The third-order valence-electron chi connectivity index (χ3n) is 5.83. The molecular formula is C23H21ClN4O5. The third kappa shape index (κ3) is 4.58. The first-order valence-electron chi connectivity index (χ1n) is 10.4. The fourth-order valence-electron chi connectivity index (χ4n) is 4.12. The summed E-state index contributed by atoms with van der Waals surface area (Å²) in [5, 5.41) is 17.5. The van der Waals surface area contributed by atoms with Crippen LogP contribution in [0.1, 0.15) is 23.2 Å². The molecular weight excluding hydrogens is 448 g/mol. The zero-order valence-corrected chi connectivity index (χ0v) is 18.2. The van der Waals surface area contributed by atoms with Crippen LogP contribution >= 0.6 is 11.6 Å². The lowest BCUT2D eigenvalue weighted by Gasteiger charge is -2.16. The fraction of sp³-hybridized carbons (Fsp3) is 0.261. The number of halogens is 1. The van der Waals surface area contributed by atoms with Crippen molar-refractivity contribution in [2.24, 2.45) is 11.8 Å². The predicted molar refractivity (Wildman–Crippen MR) is 123 cm³/mol. The van der Waals surface area contributed by atoms with Crippen molar-refractivity contribution in [3.63, 3.8) is 0 Å². The molecule has 1 heterocycles. The maximum Gasteiger partial charge on any atom is 0.293 e. The second kappa shape index (κ2) is 9.41. The smallest absolute Gasteiger partial charge is 0.293 e. The number of nitro groups is 1. The van der Waals surface area contributed by atoms with Crippen molar-refractivity contribution < 1.29 is 19.3 Å². The number of nitrogens with one attached hydrogen (secondary N) is 2. The monoisotopic (exact) mass is 468 g/mol. The number of hydrogen-bond acceptors (Lipinski definition) is 6. The van der Waals surface area contributed by atoms with Gasteiger partial charge in [-0.2, -0.15) is 0 Å². The Kier molecular flexibility index (Phi) is 6.41. The van der Waals surface area contributed by atoms with Crippen LogP contribution in [0.15, 0.2) is 54.6 Å². The third-order valence-corrected chi connectivity index (χ3v) is 6.16. The first kappa shape index (κ1) is 22.5. The summed E-state index contributed by atoms with van der Waals surface area (Å²) in [5.74, 6) is -1.56. The van der Waals surface area contributed by atoms with Gasteiger partial charge in [-0.15, -0.1) is 0 Å². The van der Waals surface area contributed by atoms with Crippen LogP contribution in [0.3, 0.4) is 0 Å². The average molecular weight is 469 g/mol. The number of carbonyl (C=O) groups is 3. The Morgan fingerprint density at radius 1 is 1.06 bits per heavy atom. The van der Waals surface area contributed by atoms with Gasteiger partial charge in [-0.3, -0.25) is 29.4 Å². The number of nitrogens with zero attached hydrogens (tertiary/aromatic N) is 2. The van der Waals surface area contributed by atoms with E-state index in [9.17, 15) is 24.5 Å². The Morgan fingerprint density at radius 3 is 2.36 bits per heavy atom. The molecule has 0 spiro atoms. The molecule has 3 amide bonds. The number of benzene rings is 2. The van der Waals surface area contributed by atoms with Crippen LogP contribution in [0.2, 0.25) is 5.02 Å². The highest BCUT2D eigenvalue weighted by Gasteiger charge is 2.46. The lowest BCUT2D eigenvalue weighted by Crippen LogP contribution is -2.35. The molecule has 2 aromatic carbocycles. The van der Waals surface area contributed by atoms with Gasteiger partial charge in [-0.05, 0) is 37.1 Å². The number of para-hydroxylation sites is 1. The van der Waals surface area contributed by atoms with E-state index in [-0.39, 0.29) is 53.7 Å². The number of rotatable bonds is 7. The Hall–Kier alpha value is -3.72. The SMILES string of the molecule is O=C(Nc1ccccc1Cl)c1ccc(NCCN2C(=O)[C@H]3CC=CC[C@@H]3C2=O)c([N+](=O)[O-])c1. The van der Waals surface area contributed by atoms with Crippen LogP contribution in [0, 0.1) is 22.0 Å². The number of likely N-dealkylation sites (tertiary alicyclic amines) is 1. The van der Waals surface area contributed by atoms with E-state index in [2.05, 4.69) is 10.6 Å². The van der Waals surface area contributed by atoms with E-state index in [1.165, 1.54) is 23.1 Å². The first-order chi connectivity index (χ1) is 15.9. The predicted octanol–water partition coefficient (Wildman–Crippen LogP) is 3.86. The second-order valence-corrected chi connectivity index (χ2v) is 8.24. The highest BCUT2D eigenvalue weighted by molar-refractivity contribution is 6.33. The van der Waals surface area contributed by atoms with E-state index >= 15 is 0 Å². The van der Waals surface area contributed by atoms with Crippen molar-refractivity contribution in [2.45, 2.75) is 12.8 Å². The number of amides is 3. The van der Waals surface area contributed by atoms with Crippen molar-refractivity contribution in [3.8, 4) is 0 Å². The largest absolute Gasteiger partial charge is 0.378 e. The van der Waals surface area contributed by atoms with E-state index in [1.807, 2.05) is 12.2 Å². The summed E-state index contributed by atoms with van der Waals surface area (Å²) < 4.78 is 0. The molecule has 2 aliphatic rings. The quantitative estimate of drug-likeness (QED) is 0.275. The Bertz CT molecular complexity index is 1140. The molecule has 0 saturated carbocycles. The molecule has 2 atom stereocenters. The summed E-state index contributed by atoms with van der Waals surface area (Å²) in [6, 6.07) is 10.7. The molecule has 0 bridgehead atoms. The highest BCUT2D eigenvalue weighted by Crippen LogP contribution is 2.35. The van der Waals surface area contributed by atoms with Crippen LogP contribution in [0.25, 0.3) is 0 Å². The minimum absolute atomic E-state index is 0.0913. The van der Waals surface area contributed by atoms with Crippen molar-refractivity contribution in [3.05, 3.63) is 75.3 Å². The molecule has 170 valence electrons.